The monoisotopic (exact) mass is 360 g/mol. The lowest BCUT2D eigenvalue weighted by Crippen LogP contribution is -2.54. The van der Waals surface area contributed by atoms with Gasteiger partial charge in [0.2, 0.25) is 0 Å². The van der Waals surface area contributed by atoms with E-state index in [2.05, 4.69) is 10.6 Å². The van der Waals surface area contributed by atoms with Crippen LogP contribution in [0.3, 0.4) is 0 Å². The normalized spacial score (nSPS) is 14.6. The first-order valence-corrected chi connectivity index (χ1v) is 8.20. The summed E-state index contributed by atoms with van der Waals surface area (Å²) in [5.41, 5.74) is 0. The van der Waals surface area contributed by atoms with E-state index in [4.69, 9.17) is 10.2 Å². The SMILES string of the molecule is CC(C)CC(C(C)C)C(NC(=O)NC(CCC(=O)O)C(=O)O)C(=O)O. The van der Waals surface area contributed by atoms with Crippen LogP contribution in [0.5, 0.6) is 0 Å². The third kappa shape index (κ3) is 8.92. The second-order valence-electron chi connectivity index (χ2n) is 6.79. The van der Waals surface area contributed by atoms with Gasteiger partial charge in [-0.25, -0.2) is 14.4 Å². The van der Waals surface area contributed by atoms with Crippen molar-refractivity contribution >= 4 is 23.9 Å². The summed E-state index contributed by atoms with van der Waals surface area (Å²) >= 11 is 0. The number of hydrogen-bond donors (Lipinski definition) is 5. The van der Waals surface area contributed by atoms with E-state index >= 15 is 0 Å². The number of hydrogen-bond acceptors (Lipinski definition) is 4. The molecule has 2 amide bonds. The van der Waals surface area contributed by atoms with E-state index in [1.54, 1.807) is 0 Å². The maximum Gasteiger partial charge on any atom is 0.326 e. The van der Waals surface area contributed by atoms with Crippen molar-refractivity contribution in [1.82, 2.24) is 10.6 Å². The van der Waals surface area contributed by atoms with Gasteiger partial charge in [-0.15, -0.1) is 0 Å². The van der Waals surface area contributed by atoms with Crippen LogP contribution in [0.25, 0.3) is 0 Å². The Balaban J connectivity index is 5.04. The minimum Gasteiger partial charge on any atom is -0.481 e. The molecule has 3 atom stereocenters. The highest BCUT2D eigenvalue weighted by Crippen LogP contribution is 2.24. The van der Waals surface area contributed by atoms with E-state index in [0.29, 0.717) is 6.42 Å². The Morgan fingerprint density at radius 3 is 1.80 bits per heavy atom. The summed E-state index contributed by atoms with van der Waals surface area (Å²) in [6.07, 6.45) is -0.146. The summed E-state index contributed by atoms with van der Waals surface area (Å²) in [6.45, 7) is 7.60. The van der Waals surface area contributed by atoms with Crippen LogP contribution in [0, 0.1) is 17.8 Å². The average Bonchev–Trinajstić information content (AvgIpc) is 2.45. The van der Waals surface area contributed by atoms with E-state index in [1.165, 1.54) is 0 Å². The van der Waals surface area contributed by atoms with Crippen molar-refractivity contribution in [2.45, 2.75) is 59.0 Å². The molecule has 0 fully saturated rings. The predicted octanol–water partition coefficient (Wildman–Crippen LogP) is 1.38. The first-order chi connectivity index (χ1) is 11.5. The van der Waals surface area contributed by atoms with E-state index in [1.807, 2.05) is 27.7 Å². The predicted molar refractivity (Wildman–Crippen MR) is 89.2 cm³/mol. The topological polar surface area (TPSA) is 153 Å². The number of aliphatic carboxylic acids is 3. The molecule has 0 saturated carbocycles. The van der Waals surface area contributed by atoms with Gasteiger partial charge < -0.3 is 26.0 Å². The number of rotatable bonds is 11. The van der Waals surface area contributed by atoms with Crippen molar-refractivity contribution in [2.75, 3.05) is 0 Å². The fraction of sp³-hybridized carbons (Fsp3) is 0.750. The van der Waals surface area contributed by atoms with E-state index in [0.717, 1.165) is 0 Å². The van der Waals surface area contributed by atoms with Crippen LogP contribution in [0.4, 0.5) is 4.79 Å². The molecule has 0 bridgehead atoms. The van der Waals surface area contributed by atoms with Gasteiger partial charge in [0.05, 0.1) is 0 Å². The Bertz CT molecular complexity index is 491. The summed E-state index contributed by atoms with van der Waals surface area (Å²) in [5.74, 6) is -3.88. The Kier molecular flexibility index (Phi) is 9.55. The molecule has 0 rings (SSSR count). The highest BCUT2D eigenvalue weighted by atomic mass is 16.4. The Morgan fingerprint density at radius 2 is 1.44 bits per heavy atom. The number of urea groups is 1. The van der Waals surface area contributed by atoms with Crippen molar-refractivity contribution in [3.63, 3.8) is 0 Å². The first kappa shape index (κ1) is 22.7. The van der Waals surface area contributed by atoms with E-state index < -0.39 is 42.4 Å². The molecule has 25 heavy (non-hydrogen) atoms. The van der Waals surface area contributed by atoms with Crippen molar-refractivity contribution in [1.29, 1.82) is 0 Å². The molecule has 0 aromatic heterocycles. The number of carboxylic acid groups (broad SMARTS) is 3. The maximum atomic E-state index is 12.0. The van der Waals surface area contributed by atoms with Crippen molar-refractivity contribution in [2.24, 2.45) is 17.8 Å². The zero-order valence-corrected chi connectivity index (χ0v) is 15.0. The number of carbonyl (C=O) groups is 4. The molecule has 0 heterocycles. The summed E-state index contributed by atoms with van der Waals surface area (Å²) in [6, 6.07) is -3.52. The molecule has 0 aliphatic carbocycles. The van der Waals surface area contributed by atoms with Crippen LogP contribution >= 0.6 is 0 Å². The van der Waals surface area contributed by atoms with Crippen LogP contribution in [-0.4, -0.2) is 51.3 Å². The standard InChI is InChI=1S/C16H28N2O7/c1-8(2)7-10(9(3)4)13(15(23)24)18-16(25)17-11(14(21)22)5-6-12(19)20/h8-11,13H,5-7H2,1-4H3,(H,19,20)(H,21,22)(H,23,24)(H2,17,18,25). The van der Waals surface area contributed by atoms with Gasteiger partial charge in [-0.05, 0) is 30.6 Å². The number of amides is 2. The van der Waals surface area contributed by atoms with Gasteiger partial charge in [0.25, 0.3) is 0 Å². The maximum absolute atomic E-state index is 12.0. The van der Waals surface area contributed by atoms with Gasteiger partial charge >= 0.3 is 23.9 Å². The summed E-state index contributed by atoms with van der Waals surface area (Å²) < 4.78 is 0. The Hall–Kier alpha value is -2.32. The van der Waals surface area contributed by atoms with Gasteiger partial charge in [0.15, 0.2) is 0 Å². The zero-order valence-electron chi connectivity index (χ0n) is 15.0. The molecular weight excluding hydrogens is 332 g/mol. The molecule has 0 aliphatic heterocycles. The second kappa shape index (κ2) is 10.5. The Labute approximate surface area is 146 Å². The molecule has 3 unspecified atom stereocenters. The molecule has 144 valence electrons. The number of nitrogens with one attached hydrogen (secondary N) is 2. The fourth-order valence-electron chi connectivity index (χ4n) is 2.56. The molecule has 0 saturated heterocycles. The molecule has 5 N–H and O–H groups in total. The molecule has 9 heteroatoms. The van der Waals surface area contributed by atoms with Gasteiger partial charge in [-0.3, -0.25) is 4.79 Å². The highest BCUT2D eigenvalue weighted by Gasteiger charge is 2.33. The summed E-state index contributed by atoms with van der Waals surface area (Å²) in [4.78, 5) is 45.2. The molecule has 9 nitrogen and oxygen atoms in total. The van der Waals surface area contributed by atoms with Crippen LogP contribution in [0.1, 0.15) is 47.0 Å². The largest absolute Gasteiger partial charge is 0.481 e. The lowest BCUT2D eigenvalue weighted by Gasteiger charge is -2.29. The average molecular weight is 360 g/mol. The van der Waals surface area contributed by atoms with E-state index in [9.17, 15) is 24.3 Å². The molecule has 0 radical (unpaired) electrons. The van der Waals surface area contributed by atoms with E-state index in [-0.39, 0.29) is 24.2 Å². The highest BCUT2D eigenvalue weighted by molar-refractivity contribution is 5.86. The third-order valence-corrected chi connectivity index (χ3v) is 3.83. The molecule has 0 aromatic rings. The minimum atomic E-state index is -1.41. The molecule has 0 spiro atoms. The van der Waals surface area contributed by atoms with Crippen LogP contribution in [0.2, 0.25) is 0 Å². The smallest absolute Gasteiger partial charge is 0.326 e. The van der Waals surface area contributed by atoms with Gasteiger partial charge in [0, 0.05) is 6.42 Å². The van der Waals surface area contributed by atoms with Crippen molar-refractivity contribution in [3.8, 4) is 0 Å². The fourth-order valence-corrected chi connectivity index (χ4v) is 2.56. The summed E-state index contributed by atoms with van der Waals surface area (Å²) in [7, 11) is 0. The quantitative estimate of drug-likeness (QED) is 0.373. The Morgan fingerprint density at radius 1 is 0.880 bits per heavy atom. The number of carboxylic acids is 3. The third-order valence-electron chi connectivity index (χ3n) is 3.83. The van der Waals surface area contributed by atoms with Crippen molar-refractivity contribution in [3.05, 3.63) is 0 Å². The summed E-state index contributed by atoms with van der Waals surface area (Å²) in [5, 5.41) is 31.5. The van der Waals surface area contributed by atoms with Gasteiger partial charge in [-0.2, -0.15) is 0 Å². The van der Waals surface area contributed by atoms with Gasteiger partial charge in [0.1, 0.15) is 12.1 Å². The second-order valence-corrected chi connectivity index (χ2v) is 6.79. The molecular formula is C16H28N2O7. The van der Waals surface area contributed by atoms with Crippen LogP contribution in [0.15, 0.2) is 0 Å². The lowest BCUT2D eigenvalue weighted by molar-refractivity contribution is -0.141. The lowest BCUT2D eigenvalue weighted by atomic mass is 9.82. The van der Waals surface area contributed by atoms with Crippen LogP contribution in [-0.2, 0) is 14.4 Å². The van der Waals surface area contributed by atoms with Crippen molar-refractivity contribution < 1.29 is 34.5 Å². The molecule has 0 aliphatic rings. The minimum absolute atomic E-state index is 0.00826. The van der Waals surface area contributed by atoms with Crippen LogP contribution < -0.4 is 10.6 Å². The molecule has 0 aromatic carbocycles. The number of carbonyl (C=O) groups excluding carboxylic acids is 1. The zero-order chi connectivity index (χ0) is 19.7. The van der Waals surface area contributed by atoms with Gasteiger partial charge in [-0.1, -0.05) is 27.7 Å². The first-order valence-electron chi connectivity index (χ1n) is 8.20.